The highest BCUT2D eigenvalue weighted by molar-refractivity contribution is 7.89. The fraction of sp³-hybridized carbons (Fsp3) is 0.167. The summed E-state index contributed by atoms with van der Waals surface area (Å²) in [7, 11) is -2.35. The van der Waals surface area contributed by atoms with E-state index in [9.17, 15) is 12.8 Å². The summed E-state index contributed by atoms with van der Waals surface area (Å²) >= 11 is 1.46. The van der Waals surface area contributed by atoms with Crippen LogP contribution < -0.4 is 5.73 Å². The molecule has 2 N–H and O–H groups in total. The number of hydrogen-bond acceptors (Lipinski definition) is 4. The Kier molecular flexibility index (Phi) is 3.88. The highest BCUT2D eigenvalue weighted by atomic mass is 32.2. The summed E-state index contributed by atoms with van der Waals surface area (Å²) in [5, 5.41) is 1.87. The van der Waals surface area contributed by atoms with Crippen LogP contribution in [0.1, 0.15) is 4.88 Å². The third-order valence-corrected chi connectivity index (χ3v) is 5.34. The molecular weight excluding hydrogens is 287 g/mol. The number of benzene rings is 1. The number of nitrogens with two attached hydrogens (primary N) is 1. The average Bonchev–Trinajstić information content (AvgIpc) is 2.85. The van der Waals surface area contributed by atoms with E-state index in [-0.39, 0.29) is 17.1 Å². The Morgan fingerprint density at radius 1 is 1.37 bits per heavy atom. The number of nitrogens with zero attached hydrogens (tertiary/aromatic N) is 1. The molecule has 0 amide bonds. The zero-order chi connectivity index (χ0) is 14.0. The molecule has 2 aromatic rings. The monoisotopic (exact) mass is 300 g/mol. The first kappa shape index (κ1) is 14.0. The Balaban J connectivity index is 2.33. The maximum absolute atomic E-state index is 13.2. The van der Waals surface area contributed by atoms with Crippen LogP contribution in [0.5, 0.6) is 0 Å². The van der Waals surface area contributed by atoms with Gasteiger partial charge in [0.2, 0.25) is 10.0 Å². The molecule has 0 aliphatic rings. The van der Waals surface area contributed by atoms with Crippen LogP contribution in [0.25, 0.3) is 0 Å². The molecule has 1 aromatic carbocycles. The number of sulfonamides is 1. The summed E-state index contributed by atoms with van der Waals surface area (Å²) in [6, 6.07) is 7.01. The van der Waals surface area contributed by atoms with Crippen LogP contribution in [0.2, 0.25) is 0 Å². The SMILES string of the molecule is CN(Cc1cccs1)S(=O)(=O)c1cc(F)ccc1N. The first-order chi connectivity index (χ1) is 8.91. The molecule has 1 heterocycles. The maximum atomic E-state index is 13.2. The lowest BCUT2D eigenvalue weighted by molar-refractivity contribution is 0.469. The quantitative estimate of drug-likeness (QED) is 0.881. The zero-order valence-corrected chi connectivity index (χ0v) is 11.8. The van der Waals surface area contributed by atoms with E-state index >= 15 is 0 Å². The Morgan fingerprint density at radius 3 is 2.74 bits per heavy atom. The first-order valence-electron chi connectivity index (χ1n) is 5.45. The molecule has 0 atom stereocenters. The van der Waals surface area contributed by atoms with Gasteiger partial charge in [0, 0.05) is 18.5 Å². The smallest absolute Gasteiger partial charge is 0.245 e. The Labute approximate surface area is 115 Å². The highest BCUT2D eigenvalue weighted by Crippen LogP contribution is 2.24. The van der Waals surface area contributed by atoms with Gasteiger partial charge in [-0.15, -0.1) is 11.3 Å². The van der Waals surface area contributed by atoms with Crippen molar-refractivity contribution in [1.29, 1.82) is 0 Å². The first-order valence-corrected chi connectivity index (χ1v) is 7.77. The standard InChI is InChI=1S/C12H13FN2O2S2/c1-15(8-10-3-2-6-18-10)19(16,17)12-7-9(13)4-5-11(12)14/h2-7H,8,14H2,1H3. The van der Waals surface area contributed by atoms with Gasteiger partial charge in [-0.3, -0.25) is 0 Å². The molecule has 0 radical (unpaired) electrons. The minimum atomic E-state index is -3.79. The van der Waals surface area contributed by atoms with Crippen LogP contribution in [0, 0.1) is 5.82 Å². The molecule has 0 spiro atoms. The summed E-state index contributed by atoms with van der Waals surface area (Å²) in [4.78, 5) is 0.701. The van der Waals surface area contributed by atoms with Gasteiger partial charge in [0.05, 0.1) is 5.69 Å². The lowest BCUT2D eigenvalue weighted by atomic mass is 10.3. The van der Waals surface area contributed by atoms with Gasteiger partial charge in [-0.1, -0.05) is 6.07 Å². The molecular formula is C12H13FN2O2S2. The molecule has 0 saturated heterocycles. The van der Waals surface area contributed by atoms with Gasteiger partial charge in [-0.25, -0.2) is 12.8 Å². The third-order valence-electron chi connectivity index (χ3n) is 2.62. The minimum Gasteiger partial charge on any atom is -0.398 e. The third kappa shape index (κ3) is 2.94. The van der Waals surface area contributed by atoms with Crippen molar-refractivity contribution in [2.75, 3.05) is 12.8 Å². The second kappa shape index (κ2) is 5.28. The topological polar surface area (TPSA) is 63.4 Å². The summed E-state index contributed by atoms with van der Waals surface area (Å²) in [6.07, 6.45) is 0. The van der Waals surface area contributed by atoms with E-state index in [1.807, 2.05) is 17.5 Å². The van der Waals surface area contributed by atoms with E-state index in [0.29, 0.717) is 0 Å². The molecule has 0 fully saturated rings. The van der Waals surface area contributed by atoms with Gasteiger partial charge in [-0.05, 0) is 29.6 Å². The molecule has 0 aliphatic heterocycles. The number of anilines is 1. The van der Waals surface area contributed by atoms with Gasteiger partial charge in [0.15, 0.2) is 0 Å². The number of halogens is 1. The molecule has 0 bridgehead atoms. The zero-order valence-electron chi connectivity index (χ0n) is 10.2. The van der Waals surface area contributed by atoms with Crippen LogP contribution >= 0.6 is 11.3 Å². The summed E-state index contributed by atoms with van der Waals surface area (Å²) in [5.74, 6) is -0.628. The number of hydrogen-bond donors (Lipinski definition) is 1. The normalized spacial score (nSPS) is 11.9. The van der Waals surface area contributed by atoms with Crippen molar-refractivity contribution in [1.82, 2.24) is 4.31 Å². The molecule has 19 heavy (non-hydrogen) atoms. The van der Waals surface area contributed by atoms with Crippen LogP contribution in [0.15, 0.2) is 40.6 Å². The average molecular weight is 300 g/mol. The predicted molar refractivity (Wildman–Crippen MR) is 73.8 cm³/mol. The van der Waals surface area contributed by atoms with Gasteiger partial charge in [0.25, 0.3) is 0 Å². The highest BCUT2D eigenvalue weighted by Gasteiger charge is 2.24. The lowest BCUT2D eigenvalue weighted by Crippen LogP contribution is -2.27. The number of rotatable bonds is 4. The molecule has 2 rings (SSSR count). The van der Waals surface area contributed by atoms with E-state index < -0.39 is 15.8 Å². The van der Waals surface area contributed by atoms with E-state index in [1.54, 1.807) is 0 Å². The molecule has 0 saturated carbocycles. The molecule has 7 heteroatoms. The second-order valence-corrected chi connectivity index (χ2v) is 7.07. The van der Waals surface area contributed by atoms with Crippen LogP contribution in [0.3, 0.4) is 0 Å². The summed E-state index contributed by atoms with van der Waals surface area (Å²) in [5.41, 5.74) is 5.66. The molecule has 0 unspecified atom stereocenters. The Hall–Kier alpha value is -1.44. The molecule has 1 aromatic heterocycles. The summed E-state index contributed by atoms with van der Waals surface area (Å²) in [6.45, 7) is 0.232. The predicted octanol–water partition coefficient (Wildman–Crippen LogP) is 2.29. The van der Waals surface area contributed by atoms with E-state index in [0.717, 1.165) is 21.3 Å². The molecule has 102 valence electrons. The van der Waals surface area contributed by atoms with Crippen molar-refractivity contribution in [3.63, 3.8) is 0 Å². The van der Waals surface area contributed by atoms with Gasteiger partial charge in [0.1, 0.15) is 10.7 Å². The lowest BCUT2D eigenvalue weighted by Gasteiger charge is -2.17. The van der Waals surface area contributed by atoms with E-state index in [1.165, 1.54) is 24.5 Å². The van der Waals surface area contributed by atoms with Crippen LogP contribution in [-0.2, 0) is 16.6 Å². The Bertz CT molecular complexity index is 669. The van der Waals surface area contributed by atoms with Crippen molar-refractivity contribution in [2.24, 2.45) is 0 Å². The van der Waals surface area contributed by atoms with Crippen molar-refractivity contribution in [3.05, 3.63) is 46.4 Å². The van der Waals surface area contributed by atoms with Crippen molar-refractivity contribution < 1.29 is 12.8 Å². The van der Waals surface area contributed by atoms with Gasteiger partial charge < -0.3 is 5.73 Å². The summed E-state index contributed by atoms with van der Waals surface area (Å²) < 4.78 is 39.0. The minimum absolute atomic E-state index is 0.0411. The fourth-order valence-electron chi connectivity index (χ4n) is 1.61. The maximum Gasteiger partial charge on any atom is 0.245 e. The second-order valence-electron chi connectivity index (χ2n) is 4.02. The number of nitrogen functional groups attached to an aromatic ring is 1. The van der Waals surface area contributed by atoms with Crippen molar-refractivity contribution in [3.8, 4) is 0 Å². The Morgan fingerprint density at radius 2 is 2.11 bits per heavy atom. The van der Waals surface area contributed by atoms with E-state index in [4.69, 9.17) is 5.73 Å². The van der Waals surface area contributed by atoms with Gasteiger partial charge >= 0.3 is 0 Å². The van der Waals surface area contributed by atoms with Crippen molar-refractivity contribution in [2.45, 2.75) is 11.4 Å². The van der Waals surface area contributed by atoms with Crippen LogP contribution in [-0.4, -0.2) is 19.8 Å². The van der Waals surface area contributed by atoms with Crippen molar-refractivity contribution >= 4 is 27.0 Å². The van der Waals surface area contributed by atoms with Gasteiger partial charge in [-0.2, -0.15) is 4.31 Å². The van der Waals surface area contributed by atoms with Crippen LogP contribution in [0.4, 0.5) is 10.1 Å². The molecule has 4 nitrogen and oxygen atoms in total. The fourth-order valence-corrected chi connectivity index (χ4v) is 3.72. The largest absolute Gasteiger partial charge is 0.398 e. The molecule has 0 aliphatic carbocycles. The number of thiophene rings is 1. The van der Waals surface area contributed by atoms with E-state index in [2.05, 4.69) is 0 Å².